The number of aliphatic hydroxyl groups excluding tert-OH is 1. The minimum atomic E-state index is -0.756. The third kappa shape index (κ3) is 2.54. The molecule has 4 nitrogen and oxygen atoms in total. The summed E-state index contributed by atoms with van der Waals surface area (Å²) in [5.41, 5.74) is -0.756. The van der Waals surface area contributed by atoms with Gasteiger partial charge in [0.25, 0.3) is 0 Å². The average molecular weight is 240 g/mol. The molecule has 4 heteroatoms. The summed E-state index contributed by atoms with van der Waals surface area (Å²) >= 11 is 0. The van der Waals surface area contributed by atoms with Gasteiger partial charge < -0.3 is 19.4 Å². The Morgan fingerprint density at radius 2 is 2.24 bits per heavy atom. The minimum absolute atomic E-state index is 0.00794. The molecule has 1 fully saturated rings. The molecule has 96 valence electrons. The van der Waals surface area contributed by atoms with Crippen molar-refractivity contribution in [3.63, 3.8) is 0 Å². The molecular formula is C13H20O4. The first-order valence-corrected chi connectivity index (χ1v) is 6.24. The van der Waals surface area contributed by atoms with Crippen molar-refractivity contribution in [2.24, 2.45) is 0 Å². The summed E-state index contributed by atoms with van der Waals surface area (Å²) in [5.74, 6) is 1.38. The lowest BCUT2D eigenvalue weighted by Crippen LogP contribution is -2.33. The monoisotopic (exact) mass is 240 g/mol. The Bertz CT molecular complexity index is 354. The SMILES string of the molecule is CCC(OCCO)c1ccc(C2(O)CCC2)o1. The lowest BCUT2D eigenvalue weighted by atomic mass is 9.78. The first-order chi connectivity index (χ1) is 8.19. The van der Waals surface area contributed by atoms with Crippen molar-refractivity contribution < 1.29 is 19.4 Å². The maximum atomic E-state index is 10.2. The third-order valence-electron chi connectivity index (χ3n) is 3.36. The molecule has 1 aromatic rings. The van der Waals surface area contributed by atoms with E-state index in [1.165, 1.54) is 0 Å². The van der Waals surface area contributed by atoms with Crippen molar-refractivity contribution in [3.8, 4) is 0 Å². The van der Waals surface area contributed by atoms with Crippen molar-refractivity contribution >= 4 is 0 Å². The molecule has 1 atom stereocenters. The van der Waals surface area contributed by atoms with E-state index >= 15 is 0 Å². The van der Waals surface area contributed by atoms with Gasteiger partial charge in [-0.25, -0.2) is 0 Å². The molecule has 0 radical (unpaired) electrons. The van der Waals surface area contributed by atoms with Crippen LogP contribution in [0.25, 0.3) is 0 Å². The van der Waals surface area contributed by atoms with E-state index < -0.39 is 5.60 Å². The summed E-state index contributed by atoms with van der Waals surface area (Å²) in [4.78, 5) is 0. The zero-order chi connectivity index (χ0) is 12.3. The van der Waals surface area contributed by atoms with Crippen LogP contribution in [-0.4, -0.2) is 23.4 Å². The molecular weight excluding hydrogens is 220 g/mol. The minimum Gasteiger partial charge on any atom is -0.460 e. The molecule has 0 aliphatic heterocycles. The second-order valence-electron chi connectivity index (χ2n) is 4.58. The Morgan fingerprint density at radius 1 is 1.47 bits per heavy atom. The zero-order valence-electron chi connectivity index (χ0n) is 10.2. The van der Waals surface area contributed by atoms with Gasteiger partial charge in [-0.2, -0.15) is 0 Å². The first kappa shape index (κ1) is 12.6. The van der Waals surface area contributed by atoms with Crippen LogP contribution < -0.4 is 0 Å². The molecule has 1 aromatic heterocycles. The van der Waals surface area contributed by atoms with Crippen molar-refractivity contribution in [1.82, 2.24) is 0 Å². The Kier molecular flexibility index (Phi) is 3.86. The lowest BCUT2D eigenvalue weighted by molar-refractivity contribution is -0.0604. The van der Waals surface area contributed by atoms with E-state index in [2.05, 4.69) is 0 Å². The average Bonchev–Trinajstić information content (AvgIpc) is 2.77. The Hall–Kier alpha value is -0.840. The summed E-state index contributed by atoms with van der Waals surface area (Å²) in [6, 6.07) is 3.69. The van der Waals surface area contributed by atoms with E-state index in [9.17, 15) is 5.11 Å². The molecule has 0 bridgehead atoms. The van der Waals surface area contributed by atoms with Gasteiger partial charge >= 0.3 is 0 Å². The highest BCUT2D eigenvalue weighted by atomic mass is 16.5. The smallest absolute Gasteiger partial charge is 0.135 e. The quantitative estimate of drug-likeness (QED) is 0.799. The number of ether oxygens (including phenoxy) is 1. The van der Waals surface area contributed by atoms with Crippen molar-refractivity contribution in [2.75, 3.05) is 13.2 Å². The highest BCUT2D eigenvalue weighted by Crippen LogP contribution is 2.42. The standard InChI is InChI=1S/C13H20O4/c1-2-10(16-9-8-14)11-4-5-12(17-11)13(15)6-3-7-13/h4-5,10,14-15H,2-3,6-9H2,1H3. The van der Waals surface area contributed by atoms with E-state index in [0.717, 1.165) is 31.4 Å². The van der Waals surface area contributed by atoms with E-state index in [0.29, 0.717) is 12.4 Å². The molecule has 0 aromatic carbocycles. The molecule has 0 saturated heterocycles. The normalized spacial score (nSPS) is 19.9. The summed E-state index contributed by atoms with van der Waals surface area (Å²) in [6.07, 6.45) is 3.23. The van der Waals surface area contributed by atoms with Gasteiger partial charge in [-0.05, 0) is 37.8 Å². The fraction of sp³-hybridized carbons (Fsp3) is 0.692. The summed E-state index contributed by atoms with van der Waals surface area (Å²) < 4.78 is 11.2. The van der Waals surface area contributed by atoms with Crippen LogP contribution in [0.15, 0.2) is 16.5 Å². The number of rotatable bonds is 6. The maximum Gasteiger partial charge on any atom is 0.135 e. The second kappa shape index (κ2) is 5.21. The summed E-state index contributed by atoms with van der Waals surface area (Å²) in [7, 11) is 0. The van der Waals surface area contributed by atoms with E-state index in [4.69, 9.17) is 14.3 Å². The van der Waals surface area contributed by atoms with Crippen molar-refractivity contribution in [1.29, 1.82) is 0 Å². The van der Waals surface area contributed by atoms with Crippen LogP contribution in [0.1, 0.15) is 50.2 Å². The third-order valence-corrected chi connectivity index (χ3v) is 3.36. The van der Waals surface area contributed by atoms with Crippen LogP contribution in [0.2, 0.25) is 0 Å². The van der Waals surface area contributed by atoms with Gasteiger partial charge in [-0.15, -0.1) is 0 Å². The predicted molar refractivity (Wildman–Crippen MR) is 62.5 cm³/mol. The molecule has 17 heavy (non-hydrogen) atoms. The van der Waals surface area contributed by atoms with Crippen LogP contribution in [0.3, 0.4) is 0 Å². The van der Waals surface area contributed by atoms with Gasteiger partial charge in [-0.3, -0.25) is 0 Å². The molecule has 0 amide bonds. The lowest BCUT2D eigenvalue weighted by Gasteiger charge is -2.34. The number of furan rings is 1. The van der Waals surface area contributed by atoms with Gasteiger partial charge in [0.15, 0.2) is 0 Å². The van der Waals surface area contributed by atoms with Crippen LogP contribution in [0.4, 0.5) is 0 Å². The largest absolute Gasteiger partial charge is 0.460 e. The first-order valence-electron chi connectivity index (χ1n) is 6.24. The molecule has 1 heterocycles. The predicted octanol–water partition coefficient (Wildman–Crippen LogP) is 2.11. The fourth-order valence-corrected chi connectivity index (χ4v) is 2.13. The summed E-state index contributed by atoms with van der Waals surface area (Å²) in [5, 5.41) is 18.9. The van der Waals surface area contributed by atoms with Crippen LogP contribution in [0.5, 0.6) is 0 Å². The van der Waals surface area contributed by atoms with Crippen molar-refractivity contribution in [3.05, 3.63) is 23.7 Å². The van der Waals surface area contributed by atoms with Gasteiger partial charge in [-0.1, -0.05) is 6.92 Å². The van der Waals surface area contributed by atoms with Gasteiger partial charge in [0.05, 0.1) is 13.2 Å². The van der Waals surface area contributed by atoms with Gasteiger partial charge in [0, 0.05) is 0 Å². The Balaban J connectivity index is 2.05. The van der Waals surface area contributed by atoms with Gasteiger partial charge in [0.2, 0.25) is 0 Å². The van der Waals surface area contributed by atoms with E-state index in [1.54, 1.807) is 0 Å². The number of aliphatic hydroxyl groups is 2. The molecule has 1 aliphatic rings. The van der Waals surface area contributed by atoms with Crippen LogP contribution in [-0.2, 0) is 10.3 Å². The van der Waals surface area contributed by atoms with Crippen molar-refractivity contribution in [2.45, 2.75) is 44.3 Å². The van der Waals surface area contributed by atoms with E-state index in [1.807, 2.05) is 19.1 Å². The zero-order valence-corrected chi connectivity index (χ0v) is 10.2. The molecule has 1 saturated carbocycles. The highest BCUT2D eigenvalue weighted by Gasteiger charge is 2.39. The molecule has 2 N–H and O–H groups in total. The number of hydrogen-bond donors (Lipinski definition) is 2. The highest BCUT2D eigenvalue weighted by molar-refractivity contribution is 5.17. The van der Waals surface area contributed by atoms with Crippen LogP contribution in [0, 0.1) is 0 Å². The molecule has 0 spiro atoms. The number of hydrogen-bond acceptors (Lipinski definition) is 4. The topological polar surface area (TPSA) is 62.8 Å². The second-order valence-corrected chi connectivity index (χ2v) is 4.58. The Labute approximate surface area is 101 Å². The van der Waals surface area contributed by atoms with Crippen LogP contribution >= 0.6 is 0 Å². The summed E-state index contributed by atoms with van der Waals surface area (Å²) in [6.45, 7) is 2.31. The van der Waals surface area contributed by atoms with E-state index in [-0.39, 0.29) is 12.7 Å². The molecule has 2 rings (SSSR count). The fourth-order valence-electron chi connectivity index (χ4n) is 2.13. The van der Waals surface area contributed by atoms with Gasteiger partial charge in [0.1, 0.15) is 23.2 Å². The molecule has 1 aliphatic carbocycles. The maximum absolute atomic E-state index is 10.2. The Morgan fingerprint density at radius 3 is 2.76 bits per heavy atom. The molecule has 1 unspecified atom stereocenters.